The Hall–Kier alpha value is -2.22. The molecule has 1 aromatic carbocycles. The Kier molecular flexibility index (Phi) is 3.61. The summed E-state index contributed by atoms with van der Waals surface area (Å²) >= 11 is 5.50. The van der Waals surface area contributed by atoms with Crippen LogP contribution in [0, 0.1) is 22.9 Å². The second-order valence-electron chi connectivity index (χ2n) is 3.63. The Balaban J connectivity index is 2.23. The van der Waals surface area contributed by atoms with Gasteiger partial charge in [0.05, 0.1) is 16.5 Å². The SMILES string of the molecule is Cc1noc(CNc2cc(F)c(Cl)cc2[N+](=O)[O-])n1. The molecule has 0 radical (unpaired) electrons. The summed E-state index contributed by atoms with van der Waals surface area (Å²) < 4.78 is 18.1. The maximum absolute atomic E-state index is 13.3. The maximum atomic E-state index is 13.3. The van der Waals surface area contributed by atoms with Gasteiger partial charge in [-0.1, -0.05) is 16.8 Å². The van der Waals surface area contributed by atoms with Gasteiger partial charge in [0, 0.05) is 12.1 Å². The molecule has 0 aliphatic carbocycles. The number of nitro benzene ring substituents is 1. The molecule has 0 aliphatic heterocycles. The molecule has 0 amide bonds. The summed E-state index contributed by atoms with van der Waals surface area (Å²) in [6, 6.07) is 1.89. The van der Waals surface area contributed by atoms with Crippen molar-refractivity contribution in [2.24, 2.45) is 0 Å². The first kappa shape index (κ1) is 13.2. The van der Waals surface area contributed by atoms with Gasteiger partial charge >= 0.3 is 0 Å². The highest BCUT2D eigenvalue weighted by atomic mass is 35.5. The summed E-state index contributed by atoms with van der Waals surface area (Å²) in [5.74, 6) is -0.0766. The van der Waals surface area contributed by atoms with Crippen molar-refractivity contribution >= 4 is 23.0 Å². The van der Waals surface area contributed by atoms with Gasteiger partial charge in [-0.05, 0) is 6.92 Å². The van der Waals surface area contributed by atoms with E-state index < -0.39 is 10.7 Å². The van der Waals surface area contributed by atoms with Crippen LogP contribution in [0.3, 0.4) is 0 Å². The van der Waals surface area contributed by atoms with E-state index in [9.17, 15) is 14.5 Å². The van der Waals surface area contributed by atoms with Gasteiger partial charge in [-0.3, -0.25) is 10.1 Å². The van der Waals surface area contributed by atoms with Crippen molar-refractivity contribution in [3.63, 3.8) is 0 Å². The zero-order valence-electron chi connectivity index (χ0n) is 9.68. The lowest BCUT2D eigenvalue weighted by Crippen LogP contribution is -2.03. The summed E-state index contributed by atoms with van der Waals surface area (Å²) in [6.45, 7) is 1.68. The average Bonchev–Trinajstić information content (AvgIpc) is 2.76. The lowest BCUT2D eigenvalue weighted by Gasteiger charge is -2.05. The van der Waals surface area contributed by atoms with Gasteiger partial charge in [-0.15, -0.1) is 0 Å². The fraction of sp³-hybridized carbons (Fsp3) is 0.200. The molecule has 100 valence electrons. The molecule has 2 aromatic rings. The summed E-state index contributed by atoms with van der Waals surface area (Å²) in [5, 5.41) is 16.7. The van der Waals surface area contributed by atoms with Crippen LogP contribution in [0.25, 0.3) is 0 Å². The van der Waals surface area contributed by atoms with Gasteiger partial charge in [0.2, 0.25) is 5.89 Å². The number of aromatic nitrogens is 2. The number of anilines is 1. The van der Waals surface area contributed by atoms with Crippen LogP contribution in [0.4, 0.5) is 15.8 Å². The number of halogens is 2. The van der Waals surface area contributed by atoms with Gasteiger partial charge < -0.3 is 9.84 Å². The Morgan fingerprint density at radius 2 is 2.32 bits per heavy atom. The number of hydrogen-bond acceptors (Lipinski definition) is 6. The van der Waals surface area contributed by atoms with E-state index in [2.05, 4.69) is 15.5 Å². The molecule has 7 nitrogen and oxygen atoms in total. The standard InChI is InChI=1S/C10H8ClFN4O3/c1-5-14-10(19-15-5)4-13-8-3-7(12)6(11)2-9(8)16(17)18/h2-3,13H,4H2,1H3. The number of aryl methyl sites for hydroxylation is 1. The second kappa shape index (κ2) is 5.19. The predicted molar refractivity (Wildman–Crippen MR) is 64.4 cm³/mol. The van der Waals surface area contributed by atoms with Crippen molar-refractivity contribution in [3.05, 3.63) is 44.8 Å². The molecule has 2 rings (SSSR count). The first-order valence-electron chi connectivity index (χ1n) is 5.14. The maximum Gasteiger partial charge on any atom is 0.294 e. The van der Waals surface area contributed by atoms with Crippen molar-refractivity contribution in [1.29, 1.82) is 0 Å². The monoisotopic (exact) mass is 286 g/mol. The van der Waals surface area contributed by atoms with Crippen LogP contribution < -0.4 is 5.32 Å². The molecule has 0 saturated carbocycles. The van der Waals surface area contributed by atoms with Crippen LogP contribution in [-0.4, -0.2) is 15.1 Å². The lowest BCUT2D eigenvalue weighted by atomic mass is 10.2. The molecule has 9 heteroatoms. The molecule has 0 atom stereocenters. The zero-order valence-corrected chi connectivity index (χ0v) is 10.4. The highest BCUT2D eigenvalue weighted by Gasteiger charge is 2.18. The Morgan fingerprint density at radius 1 is 1.58 bits per heavy atom. The van der Waals surface area contributed by atoms with Crippen LogP contribution in [0.5, 0.6) is 0 Å². The molecule has 1 aromatic heterocycles. The third kappa shape index (κ3) is 2.97. The van der Waals surface area contributed by atoms with E-state index in [-0.39, 0.29) is 28.8 Å². The summed E-state index contributed by atoms with van der Waals surface area (Å²) in [7, 11) is 0. The van der Waals surface area contributed by atoms with E-state index >= 15 is 0 Å². The van der Waals surface area contributed by atoms with E-state index in [1.807, 2.05) is 0 Å². The quantitative estimate of drug-likeness (QED) is 0.686. The molecule has 19 heavy (non-hydrogen) atoms. The number of hydrogen-bond donors (Lipinski definition) is 1. The normalized spacial score (nSPS) is 10.5. The summed E-state index contributed by atoms with van der Waals surface area (Å²) in [5.41, 5.74) is -0.342. The van der Waals surface area contributed by atoms with Gasteiger partial charge in [0.25, 0.3) is 5.69 Å². The summed E-state index contributed by atoms with van der Waals surface area (Å²) in [6.07, 6.45) is 0. The van der Waals surface area contributed by atoms with E-state index in [4.69, 9.17) is 16.1 Å². The highest BCUT2D eigenvalue weighted by molar-refractivity contribution is 6.31. The first-order valence-corrected chi connectivity index (χ1v) is 5.51. The third-order valence-electron chi connectivity index (χ3n) is 2.24. The Morgan fingerprint density at radius 3 is 2.89 bits per heavy atom. The fourth-order valence-electron chi connectivity index (χ4n) is 1.41. The van der Waals surface area contributed by atoms with Crippen molar-refractivity contribution in [1.82, 2.24) is 10.1 Å². The summed E-state index contributed by atoms with van der Waals surface area (Å²) in [4.78, 5) is 14.1. The highest BCUT2D eigenvalue weighted by Crippen LogP contribution is 2.30. The molecule has 0 fully saturated rings. The van der Waals surface area contributed by atoms with Crippen LogP contribution >= 0.6 is 11.6 Å². The second-order valence-corrected chi connectivity index (χ2v) is 4.04. The van der Waals surface area contributed by atoms with Crippen LogP contribution in [0.15, 0.2) is 16.7 Å². The molecule has 0 spiro atoms. The molecule has 0 unspecified atom stereocenters. The molecule has 0 bridgehead atoms. The first-order chi connectivity index (χ1) is 8.97. The molecule has 0 aliphatic rings. The van der Waals surface area contributed by atoms with Crippen molar-refractivity contribution in [2.45, 2.75) is 13.5 Å². The largest absolute Gasteiger partial charge is 0.370 e. The van der Waals surface area contributed by atoms with Crippen LogP contribution in [0.2, 0.25) is 5.02 Å². The van der Waals surface area contributed by atoms with E-state index in [1.54, 1.807) is 6.92 Å². The lowest BCUT2D eigenvalue weighted by molar-refractivity contribution is -0.384. The minimum atomic E-state index is -0.753. The molecule has 1 heterocycles. The predicted octanol–water partition coefficient (Wildman–Crippen LogP) is 2.69. The topological polar surface area (TPSA) is 94.1 Å². The zero-order chi connectivity index (χ0) is 14.0. The number of nitrogens with one attached hydrogen (secondary N) is 1. The minimum Gasteiger partial charge on any atom is -0.370 e. The molecule has 1 N–H and O–H groups in total. The van der Waals surface area contributed by atoms with Gasteiger partial charge in [0.1, 0.15) is 11.5 Å². The van der Waals surface area contributed by atoms with Gasteiger partial charge in [0.15, 0.2) is 5.82 Å². The number of benzene rings is 1. The Bertz CT molecular complexity index is 631. The van der Waals surface area contributed by atoms with Gasteiger partial charge in [-0.2, -0.15) is 4.98 Å². The third-order valence-corrected chi connectivity index (χ3v) is 2.52. The van der Waals surface area contributed by atoms with Crippen molar-refractivity contribution < 1.29 is 13.8 Å². The average molecular weight is 287 g/mol. The van der Waals surface area contributed by atoms with E-state index in [1.165, 1.54) is 0 Å². The van der Waals surface area contributed by atoms with Crippen molar-refractivity contribution in [2.75, 3.05) is 5.32 Å². The smallest absolute Gasteiger partial charge is 0.294 e. The number of nitro groups is 1. The van der Waals surface area contributed by atoms with Gasteiger partial charge in [-0.25, -0.2) is 4.39 Å². The number of rotatable bonds is 4. The van der Waals surface area contributed by atoms with Crippen molar-refractivity contribution in [3.8, 4) is 0 Å². The van der Waals surface area contributed by atoms with Crippen LogP contribution in [0.1, 0.15) is 11.7 Å². The molecular weight excluding hydrogens is 279 g/mol. The molecular formula is C10H8ClFN4O3. The minimum absolute atomic E-state index is 0.0113. The van der Waals surface area contributed by atoms with Crippen LogP contribution in [-0.2, 0) is 6.54 Å². The number of nitrogens with zero attached hydrogens (tertiary/aromatic N) is 3. The van der Waals surface area contributed by atoms with E-state index in [0.29, 0.717) is 5.82 Å². The fourth-order valence-corrected chi connectivity index (χ4v) is 1.57. The molecule has 0 saturated heterocycles. The van der Waals surface area contributed by atoms with E-state index in [0.717, 1.165) is 12.1 Å². The Labute approximate surface area is 111 Å².